The quantitative estimate of drug-likeness (QED) is 0.677. The molecule has 1 aromatic carbocycles. The van der Waals surface area contributed by atoms with Crippen LogP contribution in [0.2, 0.25) is 0 Å². The molecule has 6 nitrogen and oxygen atoms in total. The van der Waals surface area contributed by atoms with Crippen LogP contribution >= 0.6 is 11.8 Å². The highest BCUT2D eigenvalue weighted by Crippen LogP contribution is 2.39. The molecule has 0 atom stereocenters. The van der Waals surface area contributed by atoms with Gasteiger partial charge in [0.05, 0.1) is 31.3 Å². The Labute approximate surface area is 151 Å². The van der Waals surface area contributed by atoms with Gasteiger partial charge in [0.15, 0.2) is 11.5 Å². The minimum atomic E-state index is -0.300. The molecule has 0 spiro atoms. The Bertz CT molecular complexity index is 686. The molecule has 1 N–H and O–H groups in total. The van der Waals surface area contributed by atoms with Crippen molar-refractivity contribution in [2.75, 3.05) is 33.1 Å². The van der Waals surface area contributed by atoms with Crippen LogP contribution in [0.5, 0.6) is 11.5 Å². The first-order valence-electron chi connectivity index (χ1n) is 8.15. The van der Waals surface area contributed by atoms with Gasteiger partial charge in [-0.05, 0) is 24.1 Å². The zero-order valence-electron chi connectivity index (χ0n) is 14.7. The average Bonchev–Trinajstić information content (AvgIpc) is 2.87. The number of carbonyl (C=O) groups excluding carboxylic acids is 2. The third kappa shape index (κ3) is 3.99. The Morgan fingerprint density at radius 2 is 1.84 bits per heavy atom. The topological polar surface area (TPSA) is 76.1 Å². The van der Waals surface area contributed by atoms with Crippen molar-refractivity contribution in [3.05, 3.63) is 28.7 Å². The summed E-state index contributed by atoms with van der Waals surface area (Å²) < 4.78 is 10.5. The van der Waals surface area contributed by atoms with Crippen molar-refractivity contribution in [1.82, 2.24) is 4.90 Å². The molecule has 1 heterocycles. The molecule has 2 rings (SSSR count). The van der Waals surface area contributed by atoms with Crippen molar-refractivity contribution < 1.29 is 24.2 Å². The molecule has 0 saturated heterocycles. The zero-order valence-corrected chi connectivity index (χ0v) is 15.5. The average molecular weight is 365 g/mol. The highest BCUT2D eigenvalue weighted by Gasteiger charge is 2.38. The zero-order chi connectivity index (χ0) is 18.4. The molecule has 25 heavy (non-hydrogen) atoms. The van der Waals surface area contributed by atoms with Crippen LogP contribution in [0.15, 0.2) is 23.1 Å². The van der Waals surface area contributed by atoms with E-state index in [9.17, 15) is 9.59 Å². The Kier molecular flexibility index (Phi) is 6.90. The molecule has 7 heteroatoms. The number of amides is 2. The first-order chi connectivity index (χ1) is 12.1. The minimum absolute atomic E-state index is 0.0657. The predicted molar refractivity (Wildman–Crippen MR) is 97.6 cm³/mol. The van der Waals surface area contributed by atoms with E-state index in [0.29, 0.717) is 39.8 Å². The molecule has 1 aliphatic heterocycles. The largest absolute Gasteiger partial charge is 0.493 e. The van der Waals surface area contributed by atoms with E-state index >= 15 is 0 Å². The van der Waals surface area contributed by atoms with E-state index in [-0.39, 0.29) is 18.4 Å². The van der Waals surface area contributed by atoms with Gasteiger partial charge in [0.2, 0.25) is 0 Å². The van der Waals surface area contributed by atoms with Crippen LogP contribution in [0.25, 0.3) is 5.57 Å². The van der Waals surface area contributed by atoms with E-state index in [1.54, 1.807) is 18.2 Å². The van der Waals surface area contributed by atoms with Crippen molar-refractivity contribution in [2.45, 2.75) is 19.8 Å². The molecule has 0 saturated carbocycles. The van der Waals surface area contributed by atoms with Crippen LogP contribution < -0.4 is 9.47 Å². The van der Waals surface area contributed by atoms with Gasteiger partial charge >= 0.3 is 0 Å². The summed E-state index contributed by atoms with van der Waals surface area (Å²) in [6.45, 7) is 2.34. The first kappa shape index (κ1) is 19.3. The SMILES string of the molecule is CCCCN1C(=O)C(SCCO)=C(c2ccc(OC)c(OC)c2)C1=O. The fraction of sp³-hybridized carbons (Fsp3) is 0.444. The third-order valence-corrected chi connectivity index (χ3v) is 4.92. The van der Waals surface area contributed by atoms with Gasteiger partial charge in [-0.3, -0.25) is 14.5 Å². The molecule has 0 bridgehead atoms. The summed E-state index contributed by atoms with van der Waals surface area (Å²) >= 11 is 1.20. The van der Waals surface area contributed by atoms with Crippen LogP contribution in [0.4, 0.5) is 0 Å². The molecular weight excluding hydrogens is 342 g/mol. The van der Waals surface area contributed by atoms with E-state index in [4.69, 9.17) is 14.6 Å². The normalized spacial score (nSPS) is 14.5. The second-order valence-electron chi connectivity index (χ2n) is 5.46. The Morgan fingerprint density at radius 1 is 1.12 bits per heavy atom. The number of carbonyl (C=O) groups is 2. The smallest absolute Gasteiger partial charge is 0.267 e. The number of benzene rings is 1. The number of ether oxygens (including phenoxy) is 2. The van der Waals surface area contributed by atoms with E-state index in [2.05, 4.69) is 0 Å². The number of rotatable bonds is 9. The molecule has 1 aromatic rings. The highest BCUT2D eigenvalue weighted by molar-refractivity contribution is 8.04. The van der Waals surface area contributed by atoms with Crippen molar-refractivity contribution in [3.8, 4) is 11.5 Å². The van der Waals surface area contributed by atoms with E-state index in [1.807, 2.05) is 6.92 Å². The van der Waals surface area contributed by atoms with Gasteiger partial charge in [-0.2, -0.15) is 0 Å². The molecule has 2 amide bonds. The van der Waals surface area contributed by atoms with Gasteiger partial charge in [0.1, 0.15) is 0 Å². The molecular formula is C18H23NO5S. The lowest BCUT2D eigenvalue weighted by Gasteiger charge is -2.14. The molecule has 0 aliphatic carbocycles. The molecule has 1 aliphatic rings. The number of hydrogen-bond donors (Lipinski definition) is 1. The standard InChI is InChI=1S/C18H23NO5S/c1-4-5-8-19-17(21)15(16(18(19)22)25-10-9-20)12-6-7-13(23-2)14(11-12)24-3/h6-7,11,20H,4-5,8-10H2,1-3H3. The number of thioether (sulfide) groups is 1. The van der Waals surface area contributed by atoms with Crippen LogP contribution in [0.1, 0.15) is 25.3 Å². The van der Waals surface area contributed by atoms with Crippen molar-refractivity contribution in [2.24, 2.45) is 0 Å². The Balaban J connectivity index is 2.46. The maximum absolute atomic E-state index is 12.8. The summed E-state index contributed by atoms with van der Waals surface area (Å²) in [6, 6.07) is 5.15. The lowest BCUT2D eigenvalue weighted by molar-refractivity contribution is -0.136. The van der Waals surface area contributed by atoms with Gasteiger partial charge in [-0.25, -0.2) is 0 Å². The predicted octanol–water partition coefficient (Wildman–Crippen LogP) is 2.31. The number of unbranched alkanes of at least 4 members (excludes halogenated alkanes) is 1. The van der Waals surface area contributed by atoms with Gasteiger partial charge < -0.3 is 14.6 Å². The third-order valence-electron chi connectivity index (χ3n) is 3.87. The number of hydrogen-bond acceptors (Lipinski definition) is 6. The first-order valence-corrected chi connectivity index (χ1v) is 9.14. The second-order valence-corrected chi connectivity index (χ2v) is 6.57. The molecule has 0 unspecified atom stereocenters. The van der Waals surface area contributed by atoms with Crippen molar-refractivity contribution in [3.63, 3.8) is 0 Å². The second kappa shape index (κ2) is 8.92. The van der Waals surface area contributed by atoms with Gasteiger partial charge in [-0.1, -0.05) is 19.4 Å². The molecule has 0 aromatic heterocycles. The van der Waals surface area contributed by atoms with Gasteiger partial charge in [-0.15, -0.1) is 11.8 Å². The van der Waals surface area contributed by atoms with Crippen LogP contribution in [0, 0.1) is 0 Å². The number of methoxy groups -OCH3 is 2. The van der Waals surface area contributed by atoms with E-state index < -0.39 is 0 Å². The summed E-state index contributed by atoms with van der Waals surface area (Å²) in [5, 5.41) is 9.10. The summed E-state index contributed by atoms with van der Waals surface area (Å²) in [6.07, 6.45) is 1.65. The summed E-state index contributed by atoms with van der Waals surface area (Å²) in [5.74, 6) is 0.808. The Morgan fingerprint density at radius 3 is 2.44 bits per heavy atom. The van der Waals surface area contributed by atoms with Crippen LogP contribution in [-0.4, -0.2) is 54.9 Å². The lowest BCUT2D eigenvalue weighted by Crippen LogP contribution is -2.32. The van der Waals surface area contributed by atoms with E-state index in [0.717, 1.165) is 12.8 Å². The fourth-order valence-electron chi connectivity index (χ4n) is 2.60. The maximum Gasteiger partial charge on any atom is 0.267 e. The number of imide groups is 1. The molecule has 0 fully saturated rings. The van der Waals surface area contributed by atoms with Gasteiger partial charge in [0.25, 0.3) is 11.8 Å². The number of aliphatic hydroxyl groups is 1. The summed E-state index contributed by atoms with van der Waals surface area (Å²) in [4.78, 5) is 27.2. The van der Waals surface area contributed by atoms with Crippen molar-refractivity contribution >= 4 is 29.1 Å². The van der Waals surface area contributed by atoms with Crippen molar-refractivity contribution in [1.29, 1.82) is 0 Å². The van der Waals surface area contributed by atoms with Crippen LogP contribution in [0.3, 0.4) is 0 Å². The monoisotopic (exact) mass is 365 g/mol. The summed E-state index contributed by atoms with van der Waals surface area (Å²) in [5.41, 5.74) is 0.968. The Hall–Kier alpha value is -1.99. The summed E-state index contributed by atoms with van der Waals surface area (Å²) in [7, 11) is 3.06. The number of aliphatic hydroxyl groups excluding tert-OH is 1. The minimum Gasteiger partial charge on any atom is -0.493 e. The van der Waals surface area contributed by atoms with Crippen LogP contribution in [-0.2, 0) is 9.59 Å². The highest BCUT2D eigenvalue weighted by atomic mass is 32.2. The van der Waals surface area contributed by atoms with Gasteiger partial charge in [0, 0.05) is 12.3 Å². The number of nitrogens with zero attached hydrogens (tertiary/aromatic N) is 1. The maximum atomic E-state index is 12.8. The molecule has 136 valence electrons. The van der Waals surface area contributed by atoms with E-state index in [1.165, 1.54) is 30.9 Å². The molecule has 0 radical (unpaired) electrons. The lowest BCUT2D eigenvalue weighted by atomic mass is 10.1. The fourth-order valence-corrected chi connectivity index (χ4v) is 3.48.